The lowest BCUT2D eigenvalue weighted by Crippen LogP contribution is -2.38. The molecule has 1 aromatic carbocycles. The Hall–Kier alpha value is -1.60. The third-order valence-electron chi connectivity index (χ3n) is 5.72. The van der Waals surface area contributed by atoms with Gasteiger partial charge in [0.1, 0.15) is 5.75 Å². The molecule has 0 atom stereocenters. The highest BCUT2D eigenvalue weighted by Crippen LogP contribution is 2.28. The van der Waals surface area contributed by atoms with Gasteiger partial charge < -0.3 is 20.1 Å². The Labute approximate surface area is 174 Å². The Balaban J connectivity index is 1.49. The molecule has 2 aliphatic rings. The average Bonchev–Trinajstić information content (AvgIpc) is 2.73. The Kier molecular flexibility index (Phi) is 7.73. The number of carbonyl (C=O) groups excluding carboxylic acids is 2. The molecule has 3 rings (SSSR count). The minimum absolute atomic E-state index is 0.0383. The third kappa shape index (κ3) is 5.70. The van der Waals surface area contributed by atoms with Crippen molar-refractivity contribution in [3.05, 3.63) is 28.2 Å². The van der Waals surface area contributed by atoms with Crippen LogP contribution >= 0.6 is 15.9 Å². The van der Waals surface area contributed by atoms with E-state index >= 15 is 0 Å². The van der Waals surface area contributed by atoms with Crippen molar-refractivity contribution >= 4 is 27.8 Å². The zero-order valence-corrected chi connectivity index (χ0v) is 17.9. The standard InChI is InChI=1S/C21H29BrN2O4/c1-27-21(26)15-2-5-17(6-3-15)24-20(25)16-4-7-19(18(22)12-16)28-13-14-8-10-23-11-9-14/h4,7,12,14-15,17,23H,2-3,5-6,8-11,13H2,1H3,(H,24,25). The van der Waals surface area contributed by atoms with Crippen molar-refractivity contribution < 1.29 is 19.1 Å². The number of benzene rings is 1. The second-order valence-corrected chi connectivity index (χ2v) is 8.55. The van der Waals surface area contributed by atoms with Crippen LogP contribution in [0.2, 0.25) is 0 Å². The van der Waals surface area contributed by atoms with Crippen molar-refractivity contribution in [3.8, 4) is 5.75 Å². The van der Waals surface area contributed by atoms with Crippen molar-refractivity contribution in [2.75, 3.05) is 26.8 Å². The number of nitrogens with one attached hydrogen (secondary N) is 2. The van der Waals surface area contributed by atoms with Gasteiger partial charge in [-0.1, -0.05) is 0 Å². The van der Waals surface area contributed by atoms with Gasteiger partial charge in [0, 0.05) is 11.6 Å². The fraction of sp³-hybridized carbons (Fsp3) is 0.619. The molecule has 6 nitrogen and oxygen atoms in total. The van der Waals surface area contributed by atoms with Crippen LogP contribution in [0.25, 0.3) is 0 Å². The first-order chi connectivity index (χ1) is 13.6. The Bertz CT molecular complexity index is 683. The smallest absolute Gasteiger partial charge is 0.308 e. The molecule has 1 saturated carbocycles. The number of halogens is 1. The predicted molar refractivity (Wildman–Crippen MR) is 110 cm³/mol. The Morgan fingerprint density at radius 1 is 1.14 bits per heavy atom. The quantitative estimate of drug-likeness (QED) is 0.647. The average molecular weight is 453 g/mol. The van der Waals surface area contributed by atoms with Gasteiger partial charge in [-0.3, -0.25) is 9.59 Å². The maximum atomic E-state index is 12.6. The highest BCUT2D eigenvalue weighted by atomic mass is 79.9. The second-order valence-electron chi connectivity index (χ2n) is 7.69. The molecular weight excluding hydrogens is 424 g/mol. The number of hydrogen-bond acceptors (Lipinski definition) is 5. The lowest BCUT2D eigenvalue weighted by atomic mass is 9.86. The number of methoxy groups -OCH3 is 1. The minimum Gasteiger partial charge on any atom is -0.492 e. The van der Waals surface area contributed by atoms with E-state index in [0.717, 1.165) is 61.8 Å². The Morgan fingerprint density at radius 3 is 2.50 bits per heavy atom. The van der Waals surface area contributed by atoms with Crippen LogP contribution in [0.1, 0.15) is 48.9 Å². The van der Waals surface area contributed by atoms with Crippen LogP contribution in [0, 0.1) is 11.8 Å². The number of carbonyl (C=O) groups is 2. The third-order valence-corrected chi connectivity index (χ3v) is 6.34. The zero-order chi connectivity index (χ0) is 19.9. The van der Waals surface area contributed by atoms with Gasteiger partial charge in [-0.25, -0.2) is 0 Å². The predicted octanol–water partition coefficient (Wildman–Crippen LogP) is 3.29. The van der Waals surface area contributed by atoms with Gasteiger partial charge in [0.25, 0.3) is 5.91 Å². The first kappa shape index (κ1) is 21.1. The van der Waals surface area contributed by atoms with Gasteiger partial charge in [-0.2, -0.15) is 0 Å². The summed E-state index contributed by atoms with van der Waals surface area (Å²) in [5.74, 6) is 1.08. The monoisotopic (exact) mass is 452 g/mol. The molecule has 0 spiro atoms. The van der Waals surface area contributed by atoms with Crippen molar-refractivity contribution in [2.45, 2.75) is 44.6 Å². The van der Waals surface area contributed by atoms with Crippen LogP contribution < -0.4 is 15.4 Å². The van der Waals surface area contributed by atoms with E-state index in [0.29, 0.717) is 18.1 Å². The summed E-state index contributed by atoms with van der Waals surface area (Å²) in [5, 5.41) is 6.44. The van der Waals surface area contributed by atoms with Gasteiger partial charge in [0.15, 0.2) is 0 Å². The van der Waals surface area contributed by atoms with Crippen molar-refractivity contribution in [1.82, 2.24) is 10.6 Å². The summed E-state index contributed by atoms with van der Waals surface area (Å²) in [5.41, 5.74) is 0.608. The van der Waals surface area contributed by atoms with Crippen molar-refractivity contribution in [2.24, 2.45) is 11.8 Å². The summed E-state index contributed by atoms with van der Waals surface area (Å²) in [7, 11) is 1.42. The van der Waals surface area contributed by atoms with Crippen molar-refractivity contribution in [1.29, 1.82) is 0 Å². The maximum absolute atomic E-state index is 12.6. The molecule has 0 aromatic heterocycles. The second kappa shape index (κ2) is 10.3. The highest BCUT2D eigenvalue weighted by Gasteiger charge is 2.28. The number of piperidine rings is 1. The van der Waals surface area contributed by atoms with E-state index < -0.39 is 0 Å². The first-order valence-corrected chi connectivity index (χ1v) is 10.9. The van der Waals surface area contributed by atoms with Gasteiger partial charge in [-0.05, 0) is 91.7 Å². The number of rotatable bonds is 6. The maximum Gasteiger partial charge on any atom is 0.308 e. The molecule has 0 unspecified atom stereocenters. The number of amides is 1. The molecule has 1 amide bonds. The number of hydrogen-bond donors (Lipinski definition) is 2. The molecule has 0 radical (unpaired) electrons. The molecule has 2 N–H and O–H groups in total. The molecule has 1 saturated heterocycles. The number of ether oxygens (including phenoxy) is 2. The molecular formula is C21H29BrN2O4. The molecule has 2 fully saturated rings. The van der Waals surface area contributed by atoms with E-state index in [1.54, 1.807) is 6.07 Å². The largest absolute Gasteiger partial charge is 0.492 e. The topological polar surface area (TPSA) is 76.7 Å². The van der Waals surface area contributed by atoms with E-state index in [2.05, 4.69) is 26.6 Å². The van der Waals surface area contributed by atoms with E-state index in [9.17, 15) is 9.59 Å². The van der Waals surface area contributed by atoms with E-state index in [4.69, 9.17) is 9.47 Å². The van der Waals surface area contributed by atoms with Crippen LogP contribution in [0.15, 0.2) is 22.7 Å². The molecule has 7 heteroatoms. The van der Waals surface area contributed by atoms with Gasteiger partial charge in [0.2, 0.25) is 0 Å². The normalized spacial score (nSPS) is 23.1. The van der Waals surface area contributed by atoms with Crippen LogP contribution in [0.5, 0.6) is 5.75 Å². The first-order valence-electron chi connectivity index (χ1n) is 10.1. The lowest BCUT2D eigenvalue weighted by Gasteiger charge is -2.27. The molecule has 1 heterocycles. The summed E-state index contributed by atoms with van der Waals surface area (Å²) in [4.78, 5) is 24.2. The summed E-state index contributed by atoms with van der Waals surface area (Å²) >= 11 is 3.53. The molecule has 0 bridgehead atoms. The SMILES string of the molecule is COC(=O)C1CCC(NC(=O)c2ccc(OCC3CCNCC3)c(Br)c2)CC1. The van der Waals surface area contributed by atoms with E-state index in [1.165, 1.54) is 7.11 Å². The van der Waals surface area contributed by atoms with Crippen molar-refractivity contribution in [3.63, 3.8) is 0 Å². The van der Waals surface area contributed by atoms with Crippen LogP contribution in [-0.2, 0) is 9.53 Å². The fourth-order valence-electron chi connectivity index (χ4n) is 3.92. The summed E-state index contributed by atoms with van der Waals surface area (Å²) in [6.45, 7) is 2.81. The van der Waals surface area contributed by atoms with E-state index in [1.807, 2.05) is 12.1 Å². The molecule has 154 valence electrons. The lowest BCUT2D eigenvalue weighted by molar-refractivity contribution is -0.146. The number of esters is 1. The van der Waals surface area contributed by atoms with E-state index in [-0.39, 0.29) is 23.8 Å². The van der Waals surface area contributed by atoms with Crippen LogP contribution in [0.4, 0.5) is 0 Å². The van der Waals surface area contributed by atoms with Crippen LogP contribution in [-0.4, -0.2) is 44.7 Å². The highest BCUT2D eigenvalue weighted by molar-refractivity contribution is 9.10. The summed E-state index contributed by atoms with van der Waals surface area (Å²) in [6, 6.07) is 5.57. The zero-order valence-electron chi connectivity index (χ0n) is 16.3. The molecule has 1 aliphatic heterocycles. The van der Waals surface area contributed by atoms with Gasteiger partial charge in [0.05, 0.1) is 24.1 Å². The summed E-state index contributed by atoms with van der Waals surface area (Å²) < 4.78 is 11.6. The van der Waals surface area contributed by atoms with Crippen LogP contribution in [0.3, 0.4) is 0 Å². The van der Waals surface area contributed by atoms with Gasteiger partial charge in [-0.15, -0.1) is 0 Å². The molecule has 28 heavy (non-hydrogen) atoms. The summed E-state index contributed by atoms with van der Waals surface area (Å²) in [6.07, 6.45) is 5.37. The minimum atomic E-state index is -0.145. The molecule has 1 aliphatic carbocycles. The van der Waals surface area contributed by atoms with Gasteiger partial charge >= 0.3 is 5.97 Å². The Morgan fingerprint density at radius 2 is 1.86 bits per heavy atom. The molecule has 1 aromatic rings. The fourth-order valence-corrected chi connectivity index (χ4v) is 4.42.